The molecule has 1 aliphatic rings. The number of phosphoric acid groups is 1. The van der Waals surface area contributed by atoms with Crippen LogP contribution in [0.4, 0.5) is 0 Å². The highest BCUT2D eigenvalue weighted by molar-refractivity contribution is 7.47. The highest BCUT2D eigenvalue weighted by Crippen LogP contribution is 2.47. The second kappa shape index (κ2) is 37.0. The number of aliphatic hydroxyl groups excluding tert-OH is 5. The zero-order valence-electron chi connectivity index (χ0n) is 37.2. The molecule has 13 nitrogen and oxygen atoms in total. The van der Waals surface area contributed by atoms with Gasteiger partial charge in [-0.15, -0.1) is 0 Å². The molecule has 6 N–H and O–H groups in total. The van der Waals surface area contributed by atoms with Crippen molar-refractivity contribution in [2.24, 2.45) is 0 Å². The van der Waals surface area contributed by atoms with Crippen LogP contribution in [0.1, 0.15) is 168 Å². The summed E-state index contributed by atoms with van der Waals surface area (Å²) in [4.78, 5) is 35.7. The zero-order chi connectivity index (χ0) is 45.0. The van der Waals surface area contributed by atoms with Crippen LogP contribution in [0.5, 0.6) is 0 Å². The summed E-state index contributed by atoms with van der Waals surface area (Å²) < 4.78 is 33.5. The third-order valence-corrected chi connectivity index (χ3v) is 11.3. The molecule has 0 saturated heterocycles. The average molecular weight is 885 g/mol. The number of hydrogen-bond acceptors (Lipinski definition) is 12. The summed E-state index contributed by atoms with van der Waals surface area (Å²) in [6, 6.07) is 0. The minimum Gasteiger partial charge on any atom is -0.462 e. The van der Waals surface area contributed by atoms with Gasteiger partial charge in [0.05, 0.1) is 6.61 Å². The van der Waals surface area contributed by atoms with Crippen molar-refractivity contribution < 1.29 is 63.1 Å². The second-order valence-electron chi connectivity index (χ2n) is 15.9. The molecule has 1 saturated carbocycles. The van der Waals surface area contributed by atoms with Gasteiger partial charge in [0.2, 0.25) is 0 Å². The molecule has 6 unspecified atom stereocenters. The zero-order valence-corrected chi connectivity index (χ0v) is 38.1. The first-order valence-corrected chi connectivity index (χ1v) is 24.6. The third kappa shape index (κ3) is 29.5. The van der Waals surface area contributed by atoms with Crippen molar-refractivity contribution in [3.05, 3.63) is 60.8 Å². The smallest absolute Gasteiger partial charge is 0.462 e. The van der Waals surface area contributed by atoms with Gasteiger partial charge in [-0.25, -0.2) is 4.57 Å². The third-order valence-electron chi connectivity index (χ3n) is 10.3. The monoisotopic (exact) mass is 885 g/mol. The van der Waals surface area contributed by atoms with Crippen LogP contribution in [0.25, 0.3) is 0 Å². The molecule has 0 radical (unpaired) electrons. The van der Waals surface area contributed by atoms with Crippen LogP contribution in [0.15, 0.2) is 60.8 Å². The van der Waals surface area contributed by atoms with Gasteiger partial charge in [-0.1, -0.05) is 139 Å². The summed E-state index contributed by atoms with van der Waals surface area (Å²) in [5, 5.41) is 50.1. The van der Waals surface area contributed by atoms with E-state index in [1.807, 2.05) is 0 Å². The predicted octanol–water partition coefficient (Wildman–Crippen LogP) is 8.94. The summed E-state index contributed by atoms with van der Waals surface area (Å²) in [5.41, 5.74) is 0. The maximum atomic E-state index is 12.8. The van der Waals surface area contributed by atoms with E-state index in [4.69, 9.17) is 18.5 Å². The molecule has 14 heteroatoms. The van der Waals surface area contributed by atoms with Crippen LogP contribution in [0, 0.1) is 0 Å². The number of esters is 2. The SMILES string of the molecule is CCC/C=C/C/C=C/C/C=C/C/C=C/CCCCCC(=O)OC[C@@H](COP(=O)(O)OC1C(O)C(O)C(O)[C@H](O)C1O)OC(=O)CCCCCCCCC/C=C/CCCCCC. The van der Waals surface area contributed by atoms with Crippen molar-refractivity contribution in [2.75, 3.05) is 13.2 Å². The molecule has 0 aromatic heterocycles. The number of phosphoric ester groups is 1. The fraction of sp³-hybridized carbons (Fsp3) is 0.745. The number of unbranched alkanes of at least 4 members (excludes halogenated alkanes) is 15. The van der Waals surface area contributed by atoms with Crippen molar-refractivity contribution in [3.63, 3.8) is 0 Å². The minimum atomic E-state index is -5.13. The van der Waals surface area contributed by atoms with Gasteiger partial charge in [0.25, 0.3) is 0 Å². The molecule has 0 spiro atoms. The number of rotatable bonds is 37. The lowest BCUT2D eigenvalue weighted by Gasteiger charge is -2.41. The van der Waals surface area contributed by atoms with E-state index in [9.17, 15) is 44.6 Å². The van der Waals surface area contributed by atoms with E-state index < -0.39 is 75.7 Å². The Bertz CT molecular complexity index is 1300. The van der Waals surface area contributed by atoms with Gasteiger partial charge in [0.1, 0.15) is 43.2 Å². The number of allylic oxidation sites excluding steroid dienone is 10. The first-order valence-electron chi connectivity index (χ1n) is 23.1. The molecule has 8 atom stereocenters. The Morgan fingerprint density at radius 1 is 0.508 bits per heavy atom. The van der Waals surface area contributed by atoms with Crippen molar-refractivity contribution in [1.29, 1.82) is 0 Å². The number of aliphatic hydroxyl groups is 5. The summed E-state index contributed by atoms with van der Waals surface area (Å²) in [5.74, 6) is -1.14. The number of carbonyl (C=O) groups is 2. The van der Waals surface area contributed by atoms with Crippen LogP contribution in [-0.2, 0) is 32.7 Å². The van der Waals surface area contributed by atoms with Crippen LogP contribution < -0.4 is 0 Å². The van der Waals surface area contributed by atoms with E-state index in [0.717, 1.165) is 89.9 Å². The molecule has 0 aromatic rings. The first kappa shape index (κ1) is 56.6. The van der Waals surface area contributed by atoms with Crippen molar-refractivity contribution in [1.82, 2.24) is 0 Å². The highest BCUT2D eigenvalue weighted by Gasteiger charge is 2.51. The van der Waals surface area contributed by atoms with Crippen LogP contribution in [0.2, 0.25) is 0 Å². The number of hydrogen-bond donors (Lipinski definition) is 6. The Morgan fingerprint density at radius 3 is 1.44 bits per heavy atom. The number of carbonyl (C=O) groups excluding carboxylic acids is 2. The van der Waals surface area contributed by atoms with Crippen LogP contribution >= 0.6 is 7.82 Å². The van der Waals surface area contributed by atoms with E-state index in [1.165, 1.54) is 38.5 Å². The van der Waals surface area contributed by atoms with Gasteiger partial charge in [-0.05, 0) is 77.0 Å². The quantitative estimate of drug-likeness (QED) is 0.0149. The van der Waals surface area contributed by atoms with E-state index in [2.05, 4.69) is 74.6 Å². The van der Waals surface area contributed by atoms with Gasteiger partial charge in [0, 0.05) is 12.8 Å². The number of ether oxygens (including phenoxy) is 2. The largest absolute Gasteiger partial charge is 0.472 e. The lowest BCUT2D eigenvalue weighted by atomic mass is 9.85. The minimum absolute atomic E-state index is 0.0820. The van der Waals surface area contributed by atoms with Crippen LogP contribution in [-0.4, -0.2) is 98.3 Å². The van der Waals surface area contributed by atoms with Crippen molar-refractivity contribution in [2.45, 2.75) is 211 Å². The Labute approximate surface area is 366 Å². The maximum absolute atomic E-state index is 12.8. The molecule has 352 valence electrons. The van der Waals surface area contributed by atoms with Gasteiger partial charge in [0.15, 0.2) is 6.10 Å². The molecule has 0 aliphatic heterocycles. The summed E-state index contributed by atoms with van der Waals surface area (Å²) in [7, 11) is -5.13. The molecule has 0 aromatic carbocycles. The van der Waals surface area contributed by atoms with Gasteiger partial charge >= 0.3 is 19.8 Å². The lowest BCUT2D eigenvalue weighted by molar-refractivity contribution is -0.220. The second-order valence-corrected chi connectivity index (χ2v) is 17.3. The fourth-order valence-corrected chi connectivity index (χ4v) is 7.54. The van der Waals surface area contributed by atoms with E-state index in [-0.39, 0.29) is 12.8 Å². The lowest BCUT2D eigenvalue weighted by Crippen LogP contribution is -2.64. The fourth-order valence-electron chi connectivity index (χ4n) is 6.57. The molecule has 1 rings (SSSR count). The van der Waals surface area contributed by atoms with Crippen molar-refractivity contribution >= 4 is 19.8 Å². The van der Waals surface area contributed by atoms with Crippen LogP contribution in [0.3, 0.4) is 0 Å². The Morgan fingerprint density at radius 2 is 0.918 bits per heavy atom. The molecule has 1 aliphatic carbocycles. The van der Waals surface area contributed by atoms with E-state index in [0.29, 0.717) is 12.8 Å². The van der Waals surface area contributed by atoms with E-state index >= 15 is 0 Å². The van der Waals surface area contributed by atoms with Gasteiger partial charge in [-0.3, -0.25) is 18.6 Å². The summed E-state index contributed by atoms with van der Waals surface area (Å²) >= 11 is 0. The summed E-state index contributed by atoms with van der Waals surface area (Å²) in [6.07, 6.45) is 31.3. The standard InChI is InChI=1S/C47H81O13P/c1-3-5-7-9-11-13-15-17-19-20-22-23-25-27-29-31-33-35-40(48)57-37-39(38-58-61(55,56)60-47-45(53)43(51)42(50)44(52)46(47)54)59-41(49)36-34-32-30-28-26-24-21-18-16-14-12-10-8-6-4-2/h7,9,13-16,19-20,23,25,39,42-47,50-54H,3-6,8,10-12,17-18,21-22,24,26-38H2,1-2H3,(H,55,56)/b9-7+,15-13+,16-14+,20-19+,25-23+/t39-,42?,43-,44?,45?,46?,47?/m0/s1. The Balaban J connectivity index is 2.49. The molecule has 1 fully saturated rings. The first-order chi connectivity index (χ1) is 29.4. The highest BCUT2D eigenvalue weighted by atomic mass is 31.2. The average Bonchev–Trinajstić information content (AvgIpc) is 3.24. The van der Waals surface area contributed by atoms with Gasteiger partial charge < -0.3 is 39.9 Å². The molecule has 0 bridgehead atoms. The Kier molecular flexibility index (Phi) is 34.3. The molecule has 0 amide bonds. The predicted molar refractivity (Wildman–Crippen MR) is 239 cm³/mol. The molecule has 0 heterocycles. The van der Waals surface area contributed by atoms with Crippen molar-refractivity contribution in [3.8, 4) is 0 Å². The Hall–Kier alpha value is -2.45. The van der Waals surface area contributed by atoms with E-state index in [1.54, 1.807) is 0 Å². The topological polar surface area (TPSA) is 210 Å². The maximum Gasteiger partial charge on any atom is 0.472 e. The van der Waals surface area contributed by atoms with Gasteiger partial charge in [-0.2, -0.15) is 0 Å². The normalized spacial score (nSPS) is 22.6. The molecular weight excluding hydrogens is 803 g/mol. The summed E-state index contributed by atoms with van der Waals surface area (Å²) in [6.45, 7) is 3.18. The molecule has 61 heavy (non-hydrogen) atoms. The molecular formula is C47H81O13P.